The quantitative estimate of drug-likeness (QED) is 0.264. The molecule has 2 aliphatic heterocycles. The molecule has 0 unspecified atom stereocenters. The molecule has 2 fully saturated rings. The van der Waals surface area contributed by atoms with Crippen molar-refractivity contribution in [1.82, 2.24) is 13.8 Å². The number of ether oxygens (including phenoxy) is 1. The lowest BCUT2D eigenvalue weighted by molar-refractivity contribution is -0.140. The minimum absolute atomic E-state index is 0.138. The van der Waals surface area contributed by atoms with Crippen molar-refractivity contribution >= 4 is 45.0 Å². The van der Waals surface area contributed by atoms with E-state index in [1.54, 1.807) is 37.3 Å². The Kier molecular flexibility index (Phi) is 9.93. The Morgan fingerprint density at radius 1 is 1.07 bits per heavy atom. The van der Waals surface area contributed by atoms with Gasteiger partial charge in [-0.2, -0.15) is 13.2 Å². The Morgan fingerprint density at radius 3 is 2.55 bits per heavy atom. The Labute approximate surface area is 251 Å². The van der Waals surface area contributed by atoms with Gasteiger partial charge >= 0.3 is 6.18 Å². The number of piperazine rings is 1. The number of methoxy groups -OCH3 is 1. The molecular weight excluding hydrogens is 583 g/mol. The fraction of sp³-hybridized carbons (Fsp3) is 0.467. The van der Waals surface area contributed by atoms with E-state index in [0.717, 1.165) is 55.3 Å². The van der Waals surface area contributed by atoms with Crippen molar-refractivity contribution in [1.29, 1.82) is 0 Å². The number of benzene rings is 2. The molecule has 42 heavy (non-hydrogen) atoms. The van der Waals surface area contributed by atoms with Crippen molar-refractivity contribution in [2.75, 3.05) is 69.0 Å². The number of aromatic nitrogens is 1. The Morgan fingerprint density at radius 2 is 1.83 bits per heavy atom. The van der Waals surface area contributed by atoms with Gasteiger partial charge in [-0.1, -0.05) is 12.0 Å². The van der Waals surface area contributed by atoms with Gasteiger partial charge in [0.25, 0.3) is 0 Å². The van der Waals surface area contributed by atoms with Gasteiger partial charge in [0.1, 0.15) is 12.3 Å². The summed E-state index contributed by atoms with van der Waals surface area (Å²) in [5, 5.41) is 7.41. The molecule has 2 saturated heterocycles. The first-order chi connectivity index (χ1) is 20.2. The molecule has 3 heterocycles. The minimum Gasteiger partial charge on any atom is -0.495 e. The summed E-state index contributed by atoms with van der Waals surface area (Å²) in [5.74, 6) is 7.92. The lowest BCUT2D eigenvalue weighted by Crippen LogP contribution is -2.40. The van der Waals surface area contributed by atoms with Gasteiger partial charge in [0.05, 0.1) is 30.6 Å². The van der Waals surface area contributed by atoms with Crippen LogP contribution >= 0.6 is 11.9 Å². The number of anilines is 2. The zero-order chi connectivity index (χ0) is 29.7. The largest absolute Gasteiger partial charge is 0.495 e. The van der Waals surface area contributed by atoms with E-state index in [-0.39, 0.29) is 12.6 Å². The fourth-order valence-corrected chi connectivity index (χ4v) is 7.43. The summed E-state index contributed by atoms with van der Waals surface area (Å²) in [6.45, 7) is 3.16. The summed E-state index contributed by atoms with van der Waals surface area (Å²) in [4.78, 5) is 3.39. The van der Waals surface area contributed by atoms with E-state index in [9.17, 15) is 17.4 Å². The second-order valence-corrected chi connectivity index (χ2v) is 13.4. The first-order valence-electron chi connectivity index (χ1n) is 14.0. The summed E-state index contributed by atoms with van der Waals surface area (Å²) in [6, 6.07) is 13.1. The van der Waals surface area contributed by atoms with Crippen LogP contribution < -0.4 is 15.4 Å². The molecular formula is C30H36F3N5O2S2. The van der Waals surface area contributed by atoms with Crippen LogP contribution in [-0.4, -0.2) is 88.6 Å². The highest BCUT2D eigenvalue weighted by molar-refractivity contribution is 7.97. The lowest BCUT2D eigenvalue weighted by atomic mass is 10.1. The monoisotopic (exact) mass is 619 g/mol. The summed E-state index contributed by atoms with van der Waals surface area (Å²) >= 11 is 1.71. The standard InChI is InChI=1S/C30H36F3N5O2S2/c1-36-13-15-37(16-14-36)41-24-8-9-27(29(20-24)40-2)34-12-4-5-23-19-25-26(35-22-10-17-42(39)18-11-22)6-3-7-28(25)38(23)21-30(31,32)33/h3,6-9,19-20,22,34-35H,10-18,21H2,1-2H3. The number of rotatable bonds is 8. The molecule has 0 radical (unpaired) electrons. The van der Waals surface area contributed by atoms with Crippen LogP contribution in [0.25, 0.3) is 10.9 Å². The molecule has 3 aromatic rings. The lowest BCUT2D eigenvalue weighted by Gasteiger charge is -2.31. The van der Waals surface area contributed by atoms with Crippen molar-refractivity contribution in [3.05, 3.63) is 48.2 Å². The summed E-state index contributed by atoms with van der Waals surface area (Å²) in [6.07, 6.45) is -2.86. The van der Waals surface area contributed by atoms with E-state index in [1.807, 2.05) is 24.3 Å². The van der Waals surface area contributed by atoms with Crippen LogP contribution in [-0.2, 0) is 17.3 Å². The molecule has 226 valence electrons. The summed E-state index contributed by atoms with van der Waals surface area (Å²) in [5.41, 5.74) is 2.31. The molecule has 0 amide bonds. The maximum absolute atomic E-state index is 13.6. The molecule has 2 aliphatic rings. The van der Waals surface area contributed by atoms with Crippen LogP contribution in [0.15, 0.2) is 47.4 Å². The highest BCUT2D eigenvalue weighted by Gasteiger charge is 2.30. The first-order valence-corrected chi connectivity index (χ1v) is 16.3. The summed E-state index contributed by atoms with van der Waals surface area (Å²) < 4.78 is 61.7. The van der Waals surface area contributed by atoms with Crippen molar-refractivity contribution in [3.8, 4) is 17.6 Å². The van der Waals surface area contributed by atoms with Crippen LogP contribution in [0, 0.1) is 11.8 Å². The Bertz CT molecular complexity index is 1470. The van der Waals surface area contributed by atoms with Crippen molar-refractivity contribution in [3.63, 3.8) is 0 Å². The van der Waals surface area contributed by atoms with Crippen LogP contribution in [0.1, 0.15) is 18.5 Å². The van der Waals surface area contributed by atoms with Crippen LogP contribution in [0.5, 0.6) is 5.75 Å². The van der Waals surface area contributed by atoms with Gasteiger partial charge in [0.15, 0.2) is 0 Å². The molecule has 0 atom stereocenters. The molecule has 1 aromatic heterocycles. The molecule has 0 aliphatic carbocycles. The minimum atomic E-state index is -4.39. The molecule has 0 saturated carbocycles. The third-order valence-electron chi connectivity index (χ3n) is 7.48. The maximum atomic E-state index is 13.6. The predicted octanol–water partition coefficient (Wildman–Crippen LogP) is 5.25. The average Bonchev–Trinajstić information content (AvgIpc) is 3.30. The zero-order valence-electron chi connectivity index (χ0n) is 23.8. The molecule has 5 rings (SSSR count). The van der Waals surface area contributed by atoms with E-state index >= 15 is 0 Å². The summed E-state index contributed by atoms with van der Waals surface area (Å²) in [7, 11) is 2.96. The van der Waals surface area contributed by atoms with Gasteiger partial charge in [-0.05, 0) is 74.2 Å². The van der Waals surface area contributed by atoms with E-state index in [0.29, 0.717) is 33.9 Å². The maximum Gasteiger partial charge on any atom is 0.406 e. The topological polar surface area (TPSA) is 61.8 Å². The van der Waals surface area contributed by atoms with E-state index < -0.39 is 23.5 Å². The number of hydrogen-bond donors (Lipinski definition) is 2. The van der Waals surface area contributed by atoms with E-state index in [4.69, 9.17) is 4.74 Å². The fourth-order valence-electron chi connectivity index (χ4n) is 5.20. The van der Waals surface area contributed by atoms with Crippen molar-refractivity contribution < 1.29 is 22.1 Å². The Hall–Kier alpha value is -2.85. The smallest absolute Gasteiger partial charge is 0.406 e. The molecule has 7 nitrogen and oxygen atoms in total. The highest BCUT2D eigenvalue weighted by Crippen LogP contribution is 2.33. The second kappa shape index (κ2) is 13.6. The normalized spacial score (nSPS) is 20.2. The number of nitrogens with zero attached hydrogens (tertiary/aromatic N) is 3. The molecule has 12 heteroatoms. The Balaban J connectivity index is 1.31. The van der Waals surface area contributed by atoms with E-state index in [2.05, 4.69) is 38.7 Å². The van der Waals surface area contributed by atoms with E-state index in [1.165, 1.54) is 4.57 Å². The van der Waals surface area contributed by atoms with Crippen molar-refractivity contribution in [2.24, 2.45) is 0 Å². The number of fused-ring (bicyclic) bond motifs is 1. The predicted molar refractivity (Wildman–Crippen MR) is 166 cm³/mol. The number of halogens is 3. The van der Waals surface area contributed by atoms with Gasteiger partial charge in [-0.25, -0.2) is 4.31 Å². The van der Waals surface area contributed by atoms with Crippen LogP contribution in [0.4, 0.5) is 24.5 Å². The van der Waals surface area contributed by atoms with Crippen LogP contribution in [0.2, 0.25) is 0 Å². The van der Waals surface area contributed by atoms with Gasteiger partial charge in [-0.15, -0.1) is 0 Å². The van der Waals surface area contributed by atoms with Crippen molar-refractivity contribution in [2.45, 2.75) is 36.5 Å². The number of hydrogen-bond acceptors (Lipinski definition) is 7. The van der Waals surface area contributed by atoms with Gasteiger partial charge in [0.2, 0.25) is 0 Å². The van der Waals surface area contributed by atoms with Gasteiger partial charge in [-0.3, -0.25) is 4.21 Å². The third-order valence-corrected chi connectivity index (χ3v) is 9.95. The number of nitrogens with one attached hydrogen (secondary N) is 2. The molecule has 2 N–H and O–H groups in total. The molecule has 2 aromatic carbocycles. The number of alkyl halides is 3. The first kappa shape index (κ1) is 30.6. The highest BCUT2D eigenvalue weighted by atomic mass is 32.2. The number of likely N-dealkylation sites (N-methyl/N-ethyl adjacent to an activating group) is 1. The second-order valence-electron chi connectivity index (χ2n) is 10.6. The van der Waals surface area contributed by atoms with Gasteiger partial charge < -0.3 is 24.8 Å². The third kappa shape index (κ3) is 7.95. The van der Waals surface area contributed by atoms with Crippen LogP contribution in [0.3, 0.4) is 0 Å². The zero-order valence-corrected chi connectivity index (χ0v) is 25.4. The SMILES string of the molecule is COc1cc(SN2CCN(C)CC2)ccc1NCC#Cc1cc2c(NC3CCS(=O)CC3)cccc2n1CC(F)(F)F. The average molecular weight is 620 g/mol. The van der Waals surface area contributed by atoms with Gasteiger partial charge in [0, 0.05) is 70.5 Å². The molecule has 0 bridgehead atoms. The molecule has 0 spiro atoms.